The lowest BCUT2D eigenvalue weighted by molar-refractivity contribution is 0.414. The van der Waals surface area contributed by atoms with Crippen LogP contribution >= 0.6 is 28.1 Å². The summed E-state index contributed by atoms with van der Waals surface area (Å²) in [6.45, 7) is 0. The lowest BCUT2D eigenvalue weighted by atomic mass is 10.2. The topological polar surface area (TPSA) is 68.1 Å². The maximum absolute atomic E-state index is 5.33. The highest BCUT2D eigenvalue weighted by molar-refractivity contribution is 9.10. The molecule has 0 fully saturated rings. The Morgan fingerprint density at radius 3 is 2.96 bits per heavy atom. The van der Waals surface area contributed by atoms with E-state index in [-0.39, 0.29) is 0 Å². The Labute approximate surface area is 146 Å². The molecule has 23 heavy (non-hydrogen) atoms. The van der Waals surface area contributed by atoms with Crippen LogP contribution in [0.15, 0.2) is 52.2 Å². The van der Waals surface area contributed by atoms with Crippen LogP contribution in [-0.2, 0) is 0 Å². The molecule has 0 radical (unpaired) electrons. The lowest BCUT2D eigenvalue weighted by Gasteiger charge is -2.05. The summed E-state index contributed by atoms with van der Waals surface area (Å²) < 4.78 is 8.17. The van der Waals surface area contributed by atoms with Gasteiger partial charge in [0.05, 0.1) is 13.3 Å². The first kappa shape index (κ1) is 15.6. The van der Waals surface area contributed by atoms with E-state index in [1.807, 2.05) is 36.4 Å². The molecule has 2 aromatic heterocycles. The minimum Gasteiger partial charge on any atom is -0.496 e. The third-order valence-corrected chi connectivity index (χ3v) is 3.81. The Morgan fingerprint density at radius 2 is 2.22 bits per heavy atom. The SMILES string of the molecule is COc1ccc(Br)cc1C=Nn1c(-c2ccccn2)n[nH]c1=S. The van der Waals surface area contributed by atoms with E-state index in [4.69, 9.17) is 17.0 Å². The fraction of sp³-hybridized carbons (Fsp3) is 0.0667. The second kappa shape index (κ2) is 6.84. The Morgan fingerprint density at radius 1 is 1.35 bits per heavy atom. The van der Waals surface area contributed by atoms with E-state index in [1.54, 1.807) is 19.5 Å². The molecule has 0 amide bonds. The number of pyridine rings is 1. The second-order valence-electron chi connectivity index (χ2n) is 4.51. The van der Waals surface area contributed by atoms with Crippen molar-refractivity contribution in [2.45, 2.75) is 0 Å². The van der Waals surface area contributed by atoms with Crippen LogP contribution in [0, 0.1) is 4.77 Å². The van der Waals surface area contributed by atoms with Crippen molar-refractivity contribution in [3.8, 4) is 17.3 Å². The second-order valence-corrected chi connectivity index (χ2v) is 5.81. The highest BCUT2D eigenvalue weighted by Crippen LogP contribution is 2.21. The zero-order valence-electron chi connectivity index (χ0n) is 12.1. The number of benzene rings is 1. The number of methoxy groups -OCH3 is 1. The van der Waals surface area contributed by atoms with Crippen LogP contribution < -0.4 is 4.74 Å². The maximum atomic E-state index is 5.33. The minimum absolute atomic E-state index is 0.385. The van der Waals surface area contributed by atoms with Crippen LogP contribution in [0.2, 0.25) is 0 Å². The highest BCUT2D eigenvalue weighted by atomic mass is 79.9. The average Bonchev–Trinajstić information content (AvgIpc) is 2.94. The van der Waals surface area contributed by atoms with Gasteiger partial charge in [-0.25, -0.2) is 5.10 Å². The molecule has 2 heterocycles. The normalized spacial score (nSPS) is 11.0. The molecule has 1 N–H and O–H groups in total. The summed E-state index contributed by atoms with van der Waals surface area (Å²) in [5.74, 6) is 1.26. The first-order valence-electron chi connectivity index (χ1n) is 6.66. The van der Waals surface area contributed by atoms with Gasteiger partial charge in [-0.1, -0.05) is 22.0 Å². The molecule has 0 atom stereocenters. The monoisotopic (exact) mass is 389 g/mol. The van der Waals surface area contributed by atoms with E-state index < -0.39 is 0 Å². The quantitative estimate of drug-likeness (QED) is 0.546. The van der Waals surface area contributed by atoms with Gasteiger partial charge in [0.25, 0.3) is 0 Å². The van der Waals surface area contributed by atoms with Crippen LogP contribution in [0.1, 0.15) is 5.56 Å². The molecule has 0 bridgehead atoms. The van der Waals surface area contributed by atoms with Gasteiger partial charge in [0.1, 0.15) is 11.4 Å². The number of nitrogens with one attached hydrogen (secondary N) is 1. The van der Waals surface area contributed by atoms with E-state index in [1.165, 1.54) is 4.68 Å². The molecule has 0 aliphatic rings. The van der Waals surface area contributed by atoms with Crippen LogP contribution in [0.4, 0.5) is 0 Å². The van der Waals surface area contributed by atoms with Gasteiger partial charge in [-0.3, -0.25) is 4.98 Å². The average molecular weight is 390 g/mol. The van der Waals surface area contributed by atoms with Gasteiger partial charge in [0.2, 0.25) is 10.6 Å². The van der Waals surface area contributed by atoms with Crippen LogP contribution in [0.25, 0.3) is 11.5 Å². The molecule has 0 aliphatic carbocycles. The summed E-state index contributed by atoms with van der Waals surface area (Å²) in [7, 11) is 1.61. The number of rotatable bonds is 4. The number of hydrogen-bond donors (Lipinski definition) is 1. The first-order chi connectivity index (χ1) is 11.2. The van der Waals surface area contributed by atoms with Crippen LogP contribution in [0.5, 0.6) is 5.75 Å². The van der Waals surface area contributed by atoms with Gasteiger partial charge >= 0.3 is 0 Å². The molecule has 8 heteroatoms. The Bertz CT molecular complexity index is 904. The molecule has 0 saturated heterocycles. The number of aromatic nitrogens is 4. The molecule has 3 aromatic rings. The number of hydrogen-bond acceptors (Lipinski definition) is 5. The number of nitrogens with zero attached hydrogens (tertiary/aromatic N) is 4. The lowest BCUT2D eigenvalue weighted by Crippen LogP contribution is -1.97. The molecule has 0 unspecified atom stereocenters. The zero-order valence-corrected chi connectivity index (χ0v) is 14.5. The Kier molecular flexibility index (Phi) is 4.63. The van der Waals surface area contributed by atoms with E-state index in [0.717, 1.165) is 10.0 Å². The predicted molar refractivity (Wildman–Crippen MR) is 94.3 cm³/mol. The third-order valence-electron chi connectivity index (χ3n) is 3.05. The molecule has 0 spiro atoms. The fourth-order valence-corrected chi connectivity index (χ4v) is 2.54. The molecule has 116 valence electrons. The van der Waals surface area contributed by atoms with E-state index in [2.05, 4.69) is 36.2 Å². The summed E-state index contributed by atoms with van der Waals surface area (Å²) in [5.41, 5.74) is 1.50. The summed E-state index contributed by atoms with van der Waals surface area (Å²) >= 11 is 8.67. The molecular weight excluding hydrogens is 378 g/mol. The number of halogens is 1. The van der Waals surface area contributed by atoms with Crippen molar-refractivity contribution in [2.75, 3.05) is 7.11 Å². The molecule has 0 aliphatic heterocycles. The van der Waals surface area contributed by atoms with Crippen molar-refractivity contribution in [1.29, 1.82) is 0 Å². The standard InChI is InChI=1S/C15H12BrN5OS/c1-22-13-6-5-11(16)8-10(13)9-18-21-14(19-20-15(21)23)12-4-2-3-7-17-12/h2-9H,1H3,(H,20,23). The van der Waals surface area contributed by atoms with Crippen LogP contribution in [0.3, 0.4) is 0 Å². The predicted octanol–water partition coefficient (Wildman–Crippen LogP) is 3.66. The van der Waals surface area contributed by atoms with Crippen molar-refractivity contribution >= 4 is 34.4 Å². The van der Waals surface area contributed by atoms with E-state index >= 15 is 0 Å². The van der Waals surface area contributed by atoms with Gasteiger partial charge in [-0.2, -0.15) is 14.9 Å². The zero-order chi connectivity index (χ0) is 16.2. The van der Waals surface area contributed by atoms with Crippen molar-refractivity contribution < 1.29 is 4.74 Å². The summed E-state index contributed by atoms with van der Waals surface area (Å²) in [6.07, 6.45) is 3.36. The van der Waals surface area contributed by atoms with Gasteiger partial charge < -0.3 is 4.74 Å². The molecular formula is C15H12BrN5OS. The van der Waals surface area contributed by atoms with Gasteiger partial charge in [-0.15, -0.1) is 0 Å². The largest absolute Gasteiger partial charge is 0.496 e. The maximum Gasteiger partial charge on any atom is 0.216 e. The molecule has 1 aromatic carbocycles. The van der Waals surface area contributed by atoms with Gasteiger partial charge in [-0.05, 0) is 42.5 Å². The smallest absolute Gasteiger partial charge is 0.216 e. The summed E-state index contributed by atoms with van der Waals surface area (Å²) in [6, 6.07) is 11.2. The summed E-state index contributed by atoms with van der Waals surface area (Å²) in [4.78, 5) is 4.27. The fourth-order valence-electron chi connectivity index (χ4n) is 1.99. The van der Waals surface area contributed by atoms with Crippen molar-refractivity contribution in [2.24, 2.45) is 5.10 Å². The third kappa shape index (κ3) is 3.38. The molecule has 6 nitrogen and oxygen atoms in total. The van der Waals surface area contributed by atoms with Gasteiger partial charge in [0.15, 0.2) is 0 Å². The summed E-state index contributed by atoms with van der Waals surface area (Å²) in [5, 5.41) is 11.3. The van der Waals surface area contributed by atoms with Crippen molar-refractivity contribution in [3.05, 3.63) is 57.4 Å². The van der Waals surface area contributed by atoms with E-state index in [0.29, 0.717) is 22.0 Å². The van der Waals surface area contributed by atoms with Crippen LogP contribution in [-0.4, -0.2) is 33.2 Å². The number of H-pyrrole nitrogens is 1. The molecule has 3 rings (SSSR count). The highest BCUT2D eigenvalue weighted by Gasteiger charge is 2.09. The number of ether oxygens (including phenoxy) is 1. The number of aromatic amines is 1. The van der Waals surface area contributed by atoms with Crippen molar-refractivity contribution in [1.82, 2.24) is 19.9 Å². The first-order valence-corrected chi connectivity index (χ1v) is 7.86. The Balaban J connectivity index is 2.03. The molecule has 0 saturated carbocycles. The van der Waals surface area contributed by atoms with Gasteiger partial charge in [0, 0.05) is 16.2 Å². The minimum atomic E-state index is 0.385. The van der Waals surface area contributed by atoms with Crippen molar-refractivity contribution in [3.63, 3.8) is 0 Å². The Hall–Kier alpha value is -2.32. The van der Waals surface area contributed by atoms with E-state index in [9.17, 15) is 0 Å².